The quantitative estimate of drug-likeness (QED) is 0.0161. The summed E-state index contributed by atoms with van der Waals surface area (Å²) in [4.78, 5) is 72.4. The normalized spacial score (nSPS) is 17.6. The lowest BCUT2D eigenvalue weighted by molar-refractivity contribution is -0.146. The van der Waals surface area contributed by atoms with Crippen LogP contribution < -0.4 is 74.9 Å². The van der Waals surface area contributed by atoms with Gasteiger partial charge in [-0.15, -0.1) is 11.6 Å². The van der Waals surface area contributed by atoms with Gasteiger partial charge in [0.05, 0.1) is 13.7 Å². The van der Waals surface area contributed by atoms with Gasteiger partial charge in [-0.05, 0) is 141 Å². The molecule has 4 aliphatic carbocycles. The largest absolute Gasteiger partial charge is 0.491 e. The number of halogens is 4. The number of ether oxygens (including phenoxy) is 6. The molecular weight excluding hydrogens is 1880 g/mol. The number of anilines is 7. The van der Waals surface area contributed by atoms with Crippen LogP contribution in [0.5, 0.6) is 23.0 Å². The molecule has 4 saturated carbocycles. The number of carbonyl (C=O) groups excluding carboxylic acids is 1. The van der Waals surface area contributed by atoms with E-state index >= 15 is 0 Å². The predicted octanol–water partition coefficient (Wildman–Crippen LogP) is 13.9. The number of methoxy groups -OCH3 is 1. The Labute approximate surface area is 858 Å². The highest BCUT2D eigenvalue weighted by Gasteiger charge is 2.36. The molecule has 5 aromatic heterocycles. The minimum Gasteiger partial charge on any atom is -0.491 e. The van der Waals surface area contributed by atoms with Crippen LogP contribution in [-0.2, 0) is 16.5 Å². The van der Waals surface area contributed by atoms with E-state index in [9.17, 15) is 38.4 Å². The van der Waals surface area contributed by atoms with Crippen LogP contribution in [-0.4, -0.2) is 341 Å². The van der Waals surface area contributed by atoms with E-state index in [1.165, 1.54) is 128 Å². The minimum atomic E-state index is -4.20. The number of likely N-dealkylation sites (N-methyl/N-ethyl adjacent to an activating group) is 4. The molecule has 1 amide bonds. The Bertz CT molecular complexity index is 5390. The first kappa shape index (κ1) is 111. The summed E-state index contributed by atoms with van der Waals surface area (Å²) in [7, 11) is 19.0. The summed E-state index contributed by atoms with van der Waals surface area (Å²) in [6.45, 7) is 8.06. The number of rotatable bonds is 40. The van der Waals surface area contributed by atoms with Gasteiger partial charge in [0.15, 0.2) is 29.1 Å². The zero-order valence-corrected chi connectivity index (χ0v) is 87.2. The molecule has 3 saturated heterocycles. The Morgan fingerprint density at radius 3 is 1.15 bits per heavy atom. The standard InChI is InChI=1S/C28H42ClN5O3.C27H39F3N6O2.C27H40N6O4.C25H34N6O2/c1-30-17-23(35)18-37-24-10-6-7-21(15-24)27-32-25(31-20-28(19-29)11-13-36-14-12-28)16-26(33-27)34(2)22-8-4-3-5-9-22;1-31-17-22(37)18-38-23-10-6-7-20(15-23)26-32-24(34(2)21-8-4-3-5-9-21)16-25(33-26)36-13-11-35(12-14-36)19-27(28,29)30;1-28-18-22(34)19-37-23-11-7-8-20(16-23)26-29-24(31(2)21-9-5-4-6-10-21)17-25(30-26)32-12-14-33(15-13-32)27(35)36-3;1-26-16-20(32)17-33-21-11-7-8-18(14-21)24-28-22(25-27-12-13-30(25)2)15-23(29-24)31(3)19-9-5-4-6-10-19/h6-7,10,15-16,22-23,30,35H,3-5,8-9,11-14,17-20H2,1-2H3,(H,31,32,33);6-7,10,15-16,21-22,31,37H,3-5,8-9,11-14,17-19H2,1-2H3;7-8,11,16-17,21-22,28,34H,4-6,9-10,12-15,18-19H2,1-3H3;7-8,11-15,19-20,26,32H,4-6,9-10,16-17H2,1-3H3. The van der Waals surface area contributed by atoms with Gasteiger partial charge in [0.2, 0.25) is 0 Å². The van der Waals surface area contributed by atoms with Gasteiger partial charge in [-0.25, -0.2) is 49.7 Å². The maximum atomic E-state index is 12.9. The second-order valence-electron chi connectivity index (χ2n) is 39.3. The molecule has 0 bridgehead atoms. The van der Waals surface area contributed by atoms with Crippen molar-refractivity contribution in [3.05, 3.63) is 134 Å². The van der Waals surface area contributed by atoms with Crippen LogP contribution in [0.4, 0.5) is 58.7 Å². The van der Waals surface area contributed by atoms with E-state index < -0.39 is 37.1 Å². The molecule has 4 unspecified atom stereocenters. The summed E-state index contributed by atoms with van der Waals surface area (Å²) >= 11 is 6.43. The Kier molecular flexibility index (Phi) is 43.3. The molecule has 792 valence electrons. The molecule has 9 aromatic rings. The van der Waals surface area contributed by atoms with Gasteiger partial charge in [0, 0.05) is 228 Å². The molecule has 38 heteroatoms. The fourth-order valence-corrected chi connectivity index (χ4v) is 20.0. The number of hydrogen-bond donors (Lipinski definition) is 9. The van der Waals surface area contributed by atoms with Gasteiger partial charge in [-0.3, -0.25) is 4.90 Å². The third-order valence-electron chi connectivity index (χ3n) is 28.3. The summed E-state index contributed by atoms with van der Waals surface area (Å²) in [6, 6.07) is 40.6. The molecular formula is C107H155ClF3N23O11. The van der Waals surface area contributed by atoms with Crippen molar-refractivity contribution in [2.45, 2.75) is 196 Å². The summed E-state index contributed by atoms with van der Waals surface area (Å²) in [6.07, 6.45) is 23.1. The van der Waals surface area contributed by atoms with E-state index in [-0.39, 0.29) is 37.9 Å². The molecule has 4 aromatic carbocycles. The number of carbonyl (C=O) groups is 1. The molecule has 8 heterocycles. The Hall–Kier alpha value is -10.8. The average molecular weight is 2030 g/mol. The number of amides is 1. The van der Waals surface area contributed by atoms with E-state index in [4.69, 9.17) is 79.9 Å². The number of imidazole rings is 1. The lowest BCUT2D eigenvalue weighted by atomic mass is 9.82. The van der Waals surface area contributed by atoms with Crippen LogP contribution in [0, 0.1) is 5.41 Å². The Morgan fingerprint density at radius 2 is 0.814 bits per heavy atom. The molecule has 3 aliphatic heterocycles. The highest BCUT2D eigenvalue weighted by atomic mass is 35.5. The van der Waals surface area contributed by atoms with Gasteiger partial charge < -0.3 is 114 Å². The third kappa shape index (κ3) is 33.6. The van der Waals surface area contributed by atoms with E-state index in [1.807, 2.05) is 132 Å². The number of aliphatic hydroxyl groups is 4. The fourth-order valence-electron chi connectivity index (χ4n) is 19.6. The Balaban J connectivity index is 0.000000162. The Morgan fingerprint density at radius 1 is 0.469 bits per heavy atom. The highest BCUT2D eigenvalue weighted by molar-refractivity contribution is 6.18. The van der Waals surface area contributed by atoms with Crippen molar-refractivity contribution < 1.29 is 66.8 Å². The topological polar surface area (TPSA) is 360 Å². The number of alkyl halides is 4. The second kappa shape index (κ2) is 56.4. The fraction of sp³-hybridized carbons (Fsp3) is 0.589. The summed E-state index contributed by atoms with van der Waals surface area (Å²) in [5, 5.41) is 55.3. The van der Waals surface area contributed by atoms with Crippen molar-refractivity contribution in [2.24, 2.45) is 12.5 Å². The van der Waals surface area contributed by atoms with Crippen LogP contribution in [0.15, 0.2) is 134 Å². The van der Waals surface area contributed by atoms with Crippen LogP contribution in [0.25, 0.3) is 57.1 Å². The zero-order valence-electron chi connectivity index (χ0n) is 86.4. The molecule has 9 N–H and O–H groups in total. The molecule has 7 aliphatic rings. The van der Waals surface area contributed by atoms with Gasteiger partial charge in [0.1, 0.15) is 120 Å². The number of benzene rings is 4. The van der Waals surface area contributed by atoms with Crippen LogP contribution >= 0.6 is 11.6 Å². The van der Waals surface area contributed by atoms with Crippen molar-refractivity contribution in [1.82, 2.24) is 80.5 Å². The van der Waals surface area contributed by atoms with Crippen molar-refractivity contribution in [2.75, 3.05) is 235 Å². The van der Waals surface area contributed by atoms with E-state index in [2.05, 4.69) is 96.4 Å². The number of piperazine rings is 2. The molecule has 0 spiro atoms. The van der Waals surface area contributed by atoms with E-state index in [0.717, 1.165) is 120 Å². The molecule has 16 rings (SSSR count). The smallest absolute Gasteiger partial charge is 0.409 e. The average Bonchev–Trinajstić information content (AvgIpc) is 1.78. The van der Waals surface area contributed by atoms with E-state index in [1.54, 1.807) is 39.3 Å². The number of aryl methyl sites for hydroxylation is 1. The molecule has 7 fully saturated rings. The zero-order chi connectivity index (χ0) is 103. The first-order valence-electron chi connectivity index (χ1n) is 51.9. The second-order valence-corrected chi connectivity index (χ2v) is 39.5. The van der Waals surface area contributed by atoms with Crippen LogP contribution in [0.1, 0.15) is 141 Å². The summed E-state index contributed by atoms with van der Waals surface area (Å²) < 4.78 is 74.4. The van der Waals surface area contributed by atoms with Crippen molar-refractivity contribution in [3.8, 4) is 80.1 Å². The van der Waals surface area contributed by atoms with Crippen LogP contribution in [0.2, 0.25) is 0 Å². The SMILES string of the molecule is CNCC(O)COc1cccc(-c2nc(-c3nccn3C)cc(N(C)C3CCCCC3)n2)c1.CNCC(O)COc1cccc(-c2nc(N3CCN(C(=O)OC)CC3)cc(N(C)C3CCCCC3)n2)c1.CNCC(O)COc1cccc(-c2nc(N3CCN(CC(F)(F)F)CC3)cc(N(C)C3CCCCC3)n2)c1.CNCC(O)COc1cccc(-c2nc(NCC3(CCl)CCOCC3)cc(N(C)C3CCCCC3)n2)c1. The van der Waals surface area contributed by atoms with Crippen molar-refractivity contribution in [3.63, 3.8) is 0 Å². The molecule has 34 nitrogen and oxygen atoms in total. The number of aliphatic hydroxyl groups excluding tert-OH is 4. The van der Waals surface area contributed by atoms with Gasteiger partial charge >= 0.3 is 12.3 Å². The highest BCUT2D eigenvalue weighted by Crippen LogP contribution is 2.39. The lowest BCUT2D eigenvalue weighted by Gasteiger charge is -2.36. The van der Waals surface area contributed by atoms with Gasteiger partial charge in [-0.1, -0.05) is 126 Å². The maximum Gasteiger partial charge on any atom is 0.409 e. The number of nitrogens with one attached hydrogen (secondary N) is 5. The lowest BCUT2D eigenvalue weighted by Crippen LogP contribution is -2.49. The van der Waals surface area contributed by atoms with Crippen molar-refractivity contribution in [1.29, 1.82) is 0 Å². The minimum absolute atomic E-state index is 0.00227. The van der Waals surface area contributed by atoms with Crippen LogP contribution in [0.3, 0.4) is 0 Å². The number of hydrogen-bond acceptors (Lipinski definition) is 32. The first-order chi connectivity index (χ1) is 70.3. The number of nitrogens with zero attached hydrogens (tertiary/aromatic N) is 18. The molecule has 145 heavy (non-hydrogen) atoms. The third-order valence-corrected chi connectivity index (χ3v) is 28.9. The van der Waals surface area contributed by atoms with E-state index in [0.29, 0.717) is 155 Å². The molecule has 4 atom stereocenters. The number of aromatic nitrogens is 10. The monoisotopic (exact) mass is 2030 g/mol. The van der Waals surface area contributed by atoms with Crippen molar-refractivity contribution >= 4 is 58.4 Å². The molecule has 0 radical (unpaired) electrons. The van der Waals surface area contributed by atoms with Gasteiger partial charge in [0.25, 0.3) is 0 Å². The van der Waals surface area contributed by atoms with Gasteiger partial charge in [-0.2, -0.15) is 13.2 Å². The predicted molar refractivity (Wildman–Crippen MR) is 567 cm³/mol. The maximum absolute atomic E-state index is 12.9. The first-order valence-corrected chi connectivity index (χ1v) is 52.5. The summed E-state index contributed by atoms with van der Waals surface area (Å²) in [5.41, 5.74) is 4.17. The summed E-state index contributed by atoms with van der Waals surface area (Å²) in [5.74, 6) is 12.4.